The molecule has 1 heterocycles. The summed E-state index contributed by atoms with van der Waals surface area (Å²) >= 11 is 0. The van der Waals surface area contributed by atoms with Gasteiger partial charge in [0.2, 0.25) is 5.79 Å². The Morgan fingerprint density at radius 3 is 1.59 bits per heavy atom. The van der Waals surface area contributed by atoms with Crippen LogP contribution >= 0.6 is 0 Å². The quantitative estimate of drug-likeness (QED) is 0.765. The highest BCUT2D eigenvalue weighted by Gasteiger charge is 2.44. The predicted molar refractivity (Wildman–Crippen MR) is 105 cm³/mol. The fourth-order valence-electron chi connectivity index (χ4n) is 3.71. The van der Waals surface area contributed by atoms with Crippen molar-refractivity contribution >= 4 is 5.78 Å². The lowest BCUT2D eigenvalue weighted by atomic mass is 9.99. The van der Waals surface area contributed by atoms with Crippen LogP contribution in [0.25, 0.3) is 0 Å². The van der Waals surface area contributed by atoms with Crippen LogP contribution in [-0.2, 0) is 27.1 Å². The average molecular weight is 360 g/mol. The fourth-order valence-corrected chi connectivity index (χ4v) is 3.71. The molecule has 138 valence electrons. The standard InChI is InChI=1S/C24H24O3/c25-21-15-17-24(18-16-21)26-22(13-11-19-7-3-1-4-8-19)23(27-24)14-12-20-9-5-2-6-10-20/h1-10,15-18,22-23H,11-14H2/t22-,23-/m1/s1. The third-order valence-electron chi connectivity index (χ3n) is 5.17. The zero-order chi connectivity index (χ0) is 18.5. The van der Waals surface area contributed by atoms with E-state index in [0.29, 0.717) is 0 Å². The van der Waals surface area contributed by atoms with E-state index in [1.807, 2.05) is 12.1 Å². The maximum absolute atomic E-state index is 11.5. The first kappa shape index (κ1) is 17.9. The maximum Gasteiger partial charge on any atom is 0.209 e. The highest BCUT2D eigenvalue weighted by atomic mass is 16.8. The molecule has 0 radical (unpaired) electrons. The molecule has 1 aliphatic heterocycles. The Morgan fingerprint density at radius 2 is 1.15 bits per heavy atom. The van der Waals surface area contributed by atoms with Crippen molar-refractivity contribution in [1.82, 2.24) is 0 Å². The summed E-state index contributed by atoms with van der Waals surface area (Å²) in [4.78, 5) is 11.5. The molecule has 1 fully saturated rings. The molecule has 0 aromatic heterocycles. The first-order valence-electron chi connectivity index (χ1n) is 9.58. The Bertz CT molecular complexity index is 754. The Hall–Kier alpha value is -2.49. The van der Waals surface area contributed by atoms with Crippen LogP contribution in [0.2, 0.25) is 0 Å². The van der Waals surface area contributed by atoms with Gasteiger partial charge < -0.3 is 9.47 Å². The van der Waals surface area contributed by atoms with Gasteiger partial charge in [-0.3, -0.25) is 4.79 Å². The molecule has 2 aromatic rings. The van der Waals surface area contributed by atoms with Crippen LogP contribution in [0.5, 0.6) is 0 Å². The molecule has 4 rings (SSSR count). The summed E-state index contributed by atoms with van der Waals surface area (Å²) in [5, 5.41) is 0. The summed E-state index contributed by atoms with van der Waals surface area (Å²) in [6.45, 7) is 0. The lowest BCUT2D eigenvalue weighted by Crippen LogP contribution is -2.28. The van der Waals surface area contributed by atoms with Gasteiger partial charge in [-0.2, -0.15) is 0 Å². The van der Waals surface area contributed by atoms with E-state index in [1.54, 1.807) is 12.2 Å². The molecule has 1 spiro atoms. The second-order valence-corrected chi connectivity index (χ2v) is 7.15. The monoisotopic (exact) mass is 360 g/mol. The summed E-state index contributed by atoms with van der Waals surface area (Å²) in [7, 11) is 0. The zero-order valence-corrected chi connectivity index (χ0v) is 15.3. The number of carbonyl (C=O) groups excluding carboxylic acids is 1. The molecule has 1 aliphatic carbocycles. The molecule has 0 unspecified atom stereocenters. The summed E-state index contributed by atoms with van der Waals surface area (Å²) in [6, 6.07) is 20.9. The zero-order valence-electron chi connectivity index (χ0n) is 15.3. The van der Waals surface area contributed by atoms with Crippen molar-refractivity contribution in [3.8, 4) is 0 Å². The van der Waals surface area contributed by atoms with Crippen LogP contribution in [0.1, 0.15) is 24.0 Å². The van der Waals surface area contributed by atoms with E-state index >= 15 is 0 Å². The van der Waals surface area contributed by atoms with Gasteiger partial charge in [0.1, 0.15) is 0 Å². The Kier molecular flexibility index (Phi) is 5.33. The molecule has 27 heavy (non-hydrogen) atoms. The largest absolute Gasteiger partial charge is 0.337 e. The van der Waals surface area contributed by atoms with Gasteiger partial charge in [0.15, 0.2) is 5.78 Å². The number of aryl methyl sites for hydroxylation is 2. The molecule has 2 aliphatic rings. The molecule has 2 aromatic carbocycles. The molecular weight excluding hydrogens is 336 g/mol. The second-order valence-electron chi connectivity index (χ2n) is 7.15. The van der Waals surface area contributed by atoms with Crippen molar-refractivity contribution in [3.05, 3.63) is 96.1 Å². The summed E-state index contributed by atoms with van der Waals surface area (Å²) < 4.78 is 12.6. The van der Waals surface area contributed by atoms with Crippen molar-refractivity contribution in [2.45, 2.75) is 43.7 Å². The van der Waals surface area contributed by atoms with Gasteiger partial charge >= 0.3 is 0 Å². The van der Waals surface area contributed by atoms with Gasteiger partial charge in [-0.05, 0) is 61.1 Å². The van der Waals surface area contributed by atoms with E-state index in [-0.39, 0.29) is 18.0 Å². The minimum absolute atomic E-state index is 0.00331. The molecule has 3 heteroatoms. The Morgan fingerprint density at radius 1 is 0.704 bits per heavy atom. The van der Waals surface area contributed by atoms with E-state index < -0.39 is 5.79 Å². The van der Waals surface area contributed by atoms with Crippen LogP contribution in [0.4, 0.5) is 0 Å². The van der Waals surface area contributed by atoms with Gasteiger partial charge in [-0.25, -0.2) is 0 Å². The third-order valence-corrected chi connectivity index (χ3v) is 5.17. The Balaban J connectivity index is 1.45. The molecule has 0 N–H and O–H groups in total. The lowest BCUT2D eigenvalue weighted by Gasteiger charge is -2.22. The van der Waals surface area contributed by atoms with E-state index in [1.165, 1.54) is 23.3 Å². The van der Waals surface area contributed by atoms with Gasteiger partial charge in [-0.1, -0.05) is 60.7 Å². The average Bonchev–Trinajstić information content (AvgIpc) is 3.06. The first-order valence-corrected chi connectivity index (χ1v) is 9.58. The van der Waals surface area contributed by atoms with E-state index in [0.717, 1.165) is 25.7 Å². The van der Waals surface area contributed by atoms with Gasteiger partial charge in [-0.15, -0.1) is 0 Å². The molecule has 0 amide bonds. The minimum atomic E-state index is -0.892. The van der Waals surface area contributed by atoms with E-state index in [2.05, 4.69) is 48.5 Å². The SMILES string of the molecule is O=C1C=CC2(C=C1)O[C@H](CCc1ccccc1)[C@@H](CCc1ccccc1)O2. The van der Waals surface area contributed by atoms with Crippen molar-refractivity contribution in [2.24, 2.45) is 0 Å². The van der Waals surface area contributed by atoms with Crippen molar-refractivity contribution in [1.29, 1.82) is 0 Å². The number of carbonyl (C=O) groups is 1. The molecule has 3 nitrogen and oxygen atoms in total. The smallest absolute Gasteiger partial charge is 0.209 e. The molecule has 2 atom stereocenters. The van der Waals surface area contributed by atoms with Crippen LogP contribution in [0.3, 0.4) is 0 Å². The predicted octanol–water partition coefficient (Wildman–Crippen LogP) is 4.43. The molecule has 0 saturated carbocycles. The summed E-state index contributed by atoms with van der Waals surface area (Å²) in [6.07, 6.45) is 10.2. The second kappa shape index (κ2) is 8.03. The third kappa shape index (κ3) is 4.44. The van der Waals surface area contributed by atoms with Gasteiger partial charge in [0, 0.05) is 0 Å². The lowest BCUT2D eigenvalue weighted by molar-refractivity contribution is -0.115. The van der Waals surface area contributed by atoms with Gasteiger partial charge in [0.25, 0.3) is 0 Å². The van der Waals surface area contributed by atoms with Gasteiger partial charge in [0.05, 0.1) is 12.2 Å². The number of hydrogen-bond acceptors (Lipinski definition) is 3. The Labute approximate surface area is 160 Å². The minimum Gasteiger partial charge on any atom is -0.337 e. The highest BCUT2D eigenvalue weighted by Crippen LogP contribution is 2.36. The maximum atomic E-state index is 11.5. The van der Waals surface area contributed by atoms with Crippen LogP contribution in [-0.4, -0.2) is 23.8 Å². The van der Waals surface area contributed by atoms with Crippen molar-refractivity contribution in [3.63, 3.8) is 0 Å². The topological polar surface area (TPSA) is 35.5 Å². The number of rotatable bonds is 6. The van der Waals surface area contributed by atoms with Crippen LogP contribution in [0.15, 0.2) is 85.0 Å². The number of ether oxygens (including phenoxy) is 2. The highest BCUT2D eigenvalue weighted by molar-refractivity contribution is 6.00. The molecule has 0 bridgehead atoms. The molecule has 1 saturated heterocycles. The number of allylic oxidation sites excluding steroid dienone is 2. The van der Waals surface area contributed by atoms with Crippen molar-refractivity contribution in [2.75, 3.05) is 0 Å². The first-order chi connectivity index (χ1) is 13.2. The summed E-state index contributed by atoms with van der Waals surface area (Å²) in [5.41, 5.74) is 2.60. The normalized spacial score (nSPS) is 23.2. The van der Waals surface area contributed by atoms with Crippen LogP contribution < -0.4 is 0 Å². The fraction of sp³-hybridized carbons (Fsp3) is 0.292. The molecular formula is C24H24O3. The summed E-state index contributed by atoms with van der Waals surface area (Å²) in [5.74, 6) is -0.919. The van der Waals surface area contributed by atoms with Crippen molar-refractivity contribution < 1.29 is 14.3 Å². The van der Waals surface area contributed by atoms with E-state index in [9.17, 15) is 4.79 Å². The number of hydrogen-bond donors (Lipinski definition) is 0. The number of ketones is 1. The van der Waals surface area contributed by atoms with E-state index in [4.69, 9.17) is 9.47 Å². The van der Waals surface area contributed by atoms with Crippen LogP contribution in [0, 0.1) is 0 Å². The number of benzene rings is 2.